The quantitative estimate of drug-likeness (QED) is 0.425. The fraction of sp³-hybridized carbons (Fsp3) is 0.136. The summed E-state index contributed by atoms with van der Waals surface area (Å²) in [4.78, 5) is 3.56. The van der Waals surface area contributed by atoms with Crippen molar-refractivity contribution in [2.45, 2.75) is 6.23 Å². The molecule has 0 radical (unpaired) electrons. The first-order valence-electron chi connectivity index (χ1n) is 8.99. The number of rotatable bonds is 2. The summed E-state index contributed by atoms with van der Waals surface area (Å²) >= 11 is 0. The van der Waals surface area contributed by atoms with E-state index in [1.54, 1.807) is 6.20 Å². The van der Waals surface area contributed by atoms with Gasteiger partial charge >= 0.3 is 0 Å². The number of halogens is 1. The van der Waals surface area contributed by atoms with Crippen molar-refractivity contribution in [3.05, 3.63) is 91.5 Å². The Morgan fingerprint density at radius 1 is 1.03 bits per heavy atom. The zero-order valence-corrected chi connectivity index (χ0v) is 18.3. The number of fused-ring (bicyclic) bond motifs is 2. The van der Waals surface area contributed by atoms with Gasteiger partial charge < -0.3 is 43.2 Å². The number of quaternary nitrogens is 1. The topological polar surface area (TPSA) is 56.5 Å². The number of allylic oxidation sites excluding steroid dienone is 2. The number of hydrogen-bond acceptors (Lipinski definition) is 5. The third-order valence-electron chi connectivity index (χ3n) is 4.61. The largest absolute Gasteiger partial charge is 1.00 e. The van der Waals surface area contributed by atoms with Crippen molar-refractivity contribution in [3.63, 3.8) is 0 Å². The highest BCUT2D eigenvalue weighted by Crippen LogP contribution is 2.40. The number of ether oxygens (including phenoxy) is 2. The third-order valence-corrected chi connectivity index (χ3v) is 4.61. The molecule has 1 aromatic heterocycles. The van der Waals surface area contributed by atoms with Gasteiger partial charge in [-0.05, 0) is 24.3 Å². The number of para-hydroxylation sites is 4. The van der Waals surface area contributed by atoms with Gasteiger partial charge in [0.15, 0.2) is 29.5 Å². The Labute approximate surface area is 187 Å². The summed E-state index contributed by atoms with van der Waals surface area (Å²) in [5, 5.41) is 3.24. The van der Waals surface area contributed by atoms with Gasteiger partial charge in [-0.25, -0.2) is 4.98 Å². The van der Waals surface area contributed by atoms with E-state index in [9.17, 15) is 0 Å². The van der Waals surface area contributed by atoms with Crippen molar-refractivity contribution in [2.24, 2.45) is 0 Å². The Balaban J connectivity index is 0.000000352. The summed E-state index contributed by atoms with van der Waals surface area (Å²) in [6.07, 6.45) is 10.4. The normalized spacial score (nSPS) is 19.1. The minimum atomic E-state index is -0.0481. The Morgan fingerprint density at radius 2 is 1.79 bits per heavy atom. The molecule has 0 fully saturated rings. The fourth-order valence-corrected chi connectivity index (χ4v) is 3.11. The van der Waals surface area contributed by atoms with Crippen LogP contribution in [0.25, 0.3) is 0 Å². The summed E-state index contributed by atoms with van der Waals surface area (Å²) in [7, 11) is 4.29. The minimum Gasteiger partial charge on any atom is -1.00 e. The van der Waals surface area contributed by atoms with Crippen LogP contribution in [0, 0.1) is 0 Å². The van der Waals surface area contributed by atoms with Crippen LogP contribution in [-0.4, -0.2) is 25.3 Å². The first-order chi connectivity index (χ1) is 13.6. The molecule has 1 atom stereocenters. The maximum atomic E-state index is 6.04. The molecule has 5 rings (SSSR count). The summed E-state index contributed by atoms with van der Waals surface area (Å²) in [6, 6.07) is 16.1. The van der Waals surface area contributed by atoms with Crippen LogP contribution in [0.2, 0.25) is 0 Å². The van der Waals surface area contributed by atoms with E-state index in [0.717, 1.165) is 23.1 Å². The van der Waals surface area contributed by atoms with Crippen molar-refractivity contribution in [2.75, 3.05) is 19.4 Å². The Kier molecular flexibility index (Phi) is 6.60. The van der Waals surface area contributed by atoms with Gasteiger partial charge in [0, 0.05) is 12.1 Å². The second-order valence-electron chi connectivity index (χ2n) is 6.83. The molecule has 0 saturated carbocycles. The zero-order chi connectivity index (χ0) is 19.4. The molecule has 2 aliphatic heterocycles. The van der Waals surface area contributed by atoms with E-state index in [2.05, 4.69) is 41.0 Å². The van der Waals surface area contributed by atoms with Crippen molar-refractivity contribution in [1.82, 2.24) is 9.47 Å². The van der Waals surface area contributed by atoms with E-state index in [1.165, 1.54) is 18.3 Å². The van der Waals surface area contributed by atoms with Gasteiger partial charge in [0.1, 0.15) is 6.26 Å². The number of nitrogens with one attached hydrogen (secondary N) is 1. The molecule has 1 unspecified atom stereocenters. The zero-order valence-electron chi connectivity index (χ0n) is 16.2. The number of oxazole rings is 1. The van der Waals surface area contributed by atoms with Crippen LogP contribution in [0.1, 0.15) is 0 Å². The lowest BCUT2D eigenvalue weighted by Crippen LogP contribution is -3.00. The molecule has 1 N–H and O–H groups in total. The van der Waals surface area contributed by atoms with Gasteiger partial charge in [-0.2, -0.15) is 0 Å². The Hall–Kier alpha value is -2.78. The van der Waals surface area contributed by atoms with Crippen molar-refractivity contribution in [3.8, 4) is 11.5 Å². The van der Waals surface area contributed by atoms with Gasteiger partial charge in [0.25, 0.3) is 6.23 Å². The molecule has 29 heavy (non-hydrogen) atoms. The van der Waals surface area contributed by atoms with Crippen LogP contribution < -0.4 is 43.3 Å². The van der Waals surface area contributed by atoms with Crippen LogP contribution >= 0.6 is 0 Å². The van der Waals surface area contributed by atoms with E-state index < -0.39 is 0 Å². The van der Waals surface area contributed by atoms with Crippen LogP contribution in [0.3, 0.4) is 0 Å². The smallest absolute Gasteiger partial charge is 0.258 e. The van der Waals surface area contributed by atoms with Gasteiger partial charge in [-0.15, -0.1) is 0 Å². The number of aromatic nitrogens is 1. The maximum Gasteiger partial charge on any atom is 0.258 e. The van der Waals surface area contributed by atoms with Gasteiger partial charge in [-0.3, -0.25) is 4.48 Å². The number of likely N-dealkylation sites (N-methyl/N-ethyl adjacent to an activating group) is 1. The predicted molar refractivity (Wildman–Crippen MR) is 109 cm³/mol. The van der Waals surface area contributed by atoms with Crippen LogP contribution in [0.4, 0.5) is 11.4 Å². The van der Waals surface area contributed by atoms with Gasteiger partial charge in [0.2, 0.25) is 0 Å². The summed E-state index contributed by atoms with van der Waals surface area (Å²) < 4.78 is 16.9. The SMILES string of the molecule is C[N+]1(C)c2ccccc2OC1C=CC=C1Nc2ccccc2O1.[I-].c1cocn1. The molecule has 0 spiro atoms. The van der Waals surface area contributed by atoms with E-state index in [1.807, 2.05) is 54.6 Å². The second kappa shape index (κ2) is 9.15. The second-order valence-corrected chi connectivity index (χ2v) is 6.83. The minimum absolute atomic E-state index is 0. The summed E-state index contributed by atoms with van der Waals surface area (Å²) in [5.74, 6) is 2.53. The molecule has 2 aliphatic rings. The maximum absolute atomic E-state index is 6.04. The number of benzene rings is 2. The van der Waals surface area contributed by atoms with Crippen molar-refractivity contribution < 1.29 is 37.9 Å². The average Bonchev–Trinajstić information content (AvgIpc) is 3.43. The molecule has 3 aromatic rings. The Bertz CT molecular complexity index is 956. The van der Waals surface area contributed by atoms with E-state index >= 15 is 0 Å². The highest BCUT2D eigenvalue weighted by Gasteiger charge is 2.40. The van der Waals surface area contributed by atoms with Crippen LogP contribution in [0.5, 0.6) is 11.5 Å². The van der Waals surface area contributed by atoms with E-state index in [0.29, 0.717) is 4.48 Å². The molecule has 3 heterocycles. The molecule has 6 nitrogen and oxygen atoms in total. The summed E-state index contributed by atoms with van der Waals surface area (Å²) in [5.41, 5.74) is 2.19. The number of anilines is 1. The Morgan fingerprint density at radius 3 is 2.45 bits per heavy atom. The highest BCUT2D eigenvalue weighted by molar-refractivity contribution is 5.64. The van der Waals surface area contributed by atoms with Crippen LogP contribution in [-0.2, 0) is 0 Å². The lowest BCUT2D eigenvalue weighted by molar-refractivity contribution is -0.00000704. The van der Waals surface area contributed by atoms with Crippen molar-refractivity contribution in [1.29, 1.82) is 0 Å². The highest BCUT2D eigenvalue weighted by atomic mass is 127. The van der Waals surface area contributed by atoms with E-state index in [-0.39, 0.29) is 30.2 Å². The standard InChI is InChI=1S/C19H19N2O2.C3H3NO.HI/c1-21(2)15-9-4-6-11-17(15)23-19(21)13-7-12-18-20-14-8-3-5-10-16(14)22-18;1-2-5-3-4-1;/h3-13,19-20H,1-2H3;1-3H;1H/q+1;;/p-1. The van der Waals surface area contributed by atoms with Crippen LogP contribution in [0.15, 0.2) is 95.9 Å². The van der Waals surface area contributed by atoms with E-state index in [4.69, 9.17) is 9.47 Å². The van der Waals surface area contributed by atoms with Gasteiger partial charge in [0.05, 0.1) is 26.0 Å². The molecule has 2 aromatic carbocycles. The summed E-state index contributed by atoms with van der Waals surface area (Å²) in [6.45, 7) is 0. The molecule has 0 bridgehead atoms. The molecule has 150 valence electrons. The first-order valence-corrected chi connectivity index (χ1v) is 8.99. The average molecular weight is 503 g/mol. The number of nitrogens with zero attached hydrogens (tertiary/aromatic N) is 2. The predicted octanol–water partition coefficient (Wildman–Crippen LogP) is 1.55. The lowest BCUT2D eigenvalue weighted by Gasteiger charge is -2.26. The molecular weight excluding hydrogens is 481 g/mol. The lowest BCUT2D eigenvalue weighted by atomic mass is 10.2. The third kappa shape index (κ3) is 4.63. The molecule has 0 saturated heterocycles. The molecule has 7 heteroatoms. The number of hydrogen-bond donors (Lipinski definition) is 1. The van der Waals surface area contributed by atoms with Gasteiger partial charge in [-0.1, -0.05) is 30.3 Å². The first kappa shape index (κ1) is 20.9. The monoisotopic (exact) mass is 503 g/mol. The fourth-order valence-electron chi connectivity index (χ4n) is 3.11. The molecular formula is C22H22IN3O3. The van der Waals surface area contributed by atoms with Crippen molar-refractivity contribution >= 4 is 11.4 Å². The molecule has 0 aliphatic carbocycles. The molecule has 0 amide bonds.